The van der Waals surface area contributed by atoms with E-state index in [4.69, 9.17) is 4.74 Å². The predicted molar refractivity (Wildman–Crippen MR) is 132 cm³/mol. The van der Waals surface area contributed by atoms with Crippen LogP contribution < -0.4 is 10.1 Å². The Hall–Kier alpha value is -2.82. The van der Waals surface area contributed by atoms with Gasteiger partial charge >= 0.3 is 0 Å². The van der Waals surface area contributed by atoms with Crippen LogP contribution in [0.2, 0.25) is 0 Å². The predicted octanol–water partition coefficient (Wildman–Crippen LogP) is 5.10. The zero-order valence-electron chi connectivity index (χ0n) is 20.3. The maximum absolute atomic E-state index is 13.2. The molecule has 0 aliphatic heterocycles. The van der Waals surface area contributed by atoms with Crippen LogP contribution in [0.25, 0.3) is 0 Å². The average molecular weight is 451 g/mol. The molecule has 1 atom stereocenters. The lowest BCUT2D eigenvalue weighted by atomic mass is 9.95. The number of hydrogen-bond acceptors (Lipinski definition) is 3. The maximum Gasteiger partial charge on any atom is 0.261 e. The molecular formula is C28H38N2O3. The summed E-state index contributed by atoms with van der Waals surface area (Å²) in [6.07, 6.45) is 6.27. The molecule has 2 aromatic rings. The van der Waals surface area contributed by atoms with Gasteiger partial charge in [0.15, 0.2) is 6.61 Å². The molecule has 1 aliphatic rings. The first-order chi connectivity index (χ1) is 15.9. The summed E-state index contributed by atoms with van der Waals surface area (Å²) in [4.78, 5) is 27.8. The molecule has 5 heteroatoms. The molecule has 0 bridgehead atoms. The number of nitrogens with one attached hydrogen (secondary N) is 1. The molecule has 2 amide bonds. The van der Waals surface area contributed by atoms with Crippen LogP contribution in [-0.4, -0.2) is 41.9 Å². The molecule has 1 N–H and O–H groups in total. The van der Waals surface area contributed by atoms with Crippen LogP contribution in [-0.2, 0) is 16.0 Å². The van der Waals surface area contributed by atoms with Gasteiger partial charge in [-0.2, -0.15) is 0 Å². The molecule has 0 aromatic heterocycles. The Labute approximate surface area is 198 Å². The third kappa shape index (κ3) is 7.62. The zero-order valence-corrected chi connectivity index (χ0v) is 20.3. The van der Waals surface area contributed by atoms with Gasteiger partial charge in [0.25, 0.3) is 5.91 Å². The Kier molecular flexibility index (Phi) is 9.35. The average Bonchev–Trinajstić information content (AvgIpc) is 2.84. The quantitative estimate of drug-likeness (QED) is 0.548. The molecule has 0 heterocycles. The topological polar surface area (TPSA) is 58.6 Å². The van der Waals surface area contributed by atoms with E-state index in [1.54, 1.807) is 4.90 Å². The molecule has 1 aliphatic carbocycles. The summed E-state index contributed by atoms with van der Waals surface area (Å²) >= 11 is 0. The molecule has 178 valence electrons. The summed E-state index contributed by atoms with van der Waals surface area (Å²) in [6, 6.07) is 17.6. The third-order valence-corrected chi connectivity index (χ3v) is 6.51. The van der Waals surface area contributed by atoms with E-state index in [0.717, 1.165) is 31.2 Å². The van der Waals surface area contributed by atoms with Crippen molar-refractivity contribution in [3.8, 4) is 5.75 Å². The summed E-state index contributed by atoms with van der Waals surface area (Å²) < 4.78 is 5.79. The van der Waals surface area contributed by atoms with Crippen LogP contribution in [0, 0.1) is 0 Å². The van der Waals surface area contributed by atoms with Crippen LogP contribution in [0.4, 0.5) is 0 Å². The summed E-state index contributed by atoms with van der Waals surface area (Å²) in [5, 5.41) is 3.17. The number of nitrogens with zero attached hydrogens (tertiary/aromatic N) is 1. The van der Waals surface area contributed by atoms with E-state index in [1.807, 2.05) is 61.5 Å². The summed E-state index contributed by atoms with van der Waals surface area (Å²) in [5.74, 6) is 0.850. The van der Waals surface area contributed by atoms with E-state index in [9.17, 15) is 9.59 Å². The Morgan fingerprint density at radius 2 is 1.64 bits per heavy atom. The van der Waals surface area contributed by atoms with Gasteiger partial charge in [-0.25, -0.2) is 0 Å². The standard InChI is InChI=1S/C28H38N2O3/c1-21(2)24-14-16-26(17-15-24)33-20-27(31)30(19-18-23-10-6-4-7-11-23)22(3)28(32)29-25-12-8-5-9-13-25/h4,6-7,10-11,14-17,21-22,25H,5,8-9,12-13,18-20H2,1-3H3,(H,29,32)/t22-/m0/s1. The lowest BCUT2D eigenvalue weighted by Gasteiger charge is -2.31. The number of rotatable bonds is 10. The third-order valence-electron chi connectivity index (χ3n) is 6.51. The van der Waals surface area contributed by atoms with Crippen molar-refractivity contribution in [2.24, 2.45) is 0 Å². The fraction of sp³-hybridized carbons (Fsp3) is 0.500. The highest BCUT2D eigenvalue weighted by molar-refractivity contribution is 5.88. The van der Waals surface area contributed by atoms with Crippen molar-refractivity contribution < 1.29 is 14.3 Å². The van der Waals surface area contributed by atoms with Crippen molar-refractivity contribution in [2.75, 3.05) is 13.2 Å². The van der Waals surface area contributed by atoms with Gasteiger partial charge in [-0.1, -0.05) is 75.6 Å². The number of ether oxygens (including phenoxy) is 1. The normalized spacial score (nSPS) is 15.2. The minimum Gasteiger partial charge on any atom is -0.484 e. The van der Waals surface area contributed by atoms with Gasteiger partial charge in [-0.05, 0) is 55.4 Å². The van der Waals surface area contributed by atoms with Crippen molar-refractivity contribution in [3.05, 3.63) is 65.7 Å². The monoisotopic (exact) mass is 450 g/mol. The van der Waals surface area contributed by atoms with Gasteiger partial charge in [0, 0.05) is 12.6 Å². The van der Waals surface area contributed by atoms with Gasteiger partial charge in [-0.3, -0.25) is 9.59 Å². The number of carbonyl (C=O) groups excluding carboxylic acids is 2. The molecule has 2 aromatic carbocycles. The lowest BCUT2D eigenvalue weighted by molar-refractivity contribution is -0.141. The first kappa shape index (κ1) is 24.8. The van der Waals surface area contributed by atoms with E-state index >= 15 is 0 Å². The fourth-order valence-electron chi connectivity index (χ4n) is 4.32. The van der Waals surface area contributed by atoms with Crippen LogP contribution in [0.5, 0.6) is 5.75 Å². The van der Waals surface area contributed by atoms with Crippen LogP contribution in [0.3, 0.4) is 0 Å². The van der Waals surface area contributed by atoms with E-state index in [-0.39, 0.29) is 24.5 Å². The zero-order chi connectivity index (χ0) is 23.6. The van der Waals surface area contributed by atoms with Gasteiger partial charge < -0.3 is 15.0 Å². The van der Waals surface area contributed by atoms with E-state index < -0.39 is 6.04 Å². The van der Waals surface area contributed by atoms with Crippen molar-refractivity contribution in [2.45, 2.75) is 77.3 Å². The smallest absolute Gasteiger partial charge is 0.261 e. The first-order valence-corrected chi connectivity index (χ1v) is 12.3. The lowest BCUT2D eigenvalue weighted by Crippen LogP contribution is -2.52. The van der Waals surface area contributed by atoms with E-state index in [2.05, 4.69) is 19.2 Å². The van der Waals surface area contributed by atoms with Crippen molar-refractivity contribution in [1.82, 2.24) is 10.2 Å². The van der Waals surface area contributed by atoms with Gasteiger partial charge in [-0.15, -0.1) is 0 Å². The van der Waals surface area contributed by atoms with Gasteiger partial charge in [0.05, 0.1) is 0 Å². The van der Waals surface area contributed by atoms with Crippen LogP contribution in [0.1, 0.15) is 69.9 Å². The van der Waals surface area contributed by atoms with Gasteiger partial charge in [0.2, 0.25) is 5.91 Å². The van der Waals surface area contributed by atoms with Gasteiger partial charge in [0.1, 0.15) is 11.8 Å². The molecule has 1 fully saturated rings. The maximum atomic E-state index is 13.2. The number of carbonyl (C=O) groups is 2. The minimum absolute atomic E-state index is 0.0791. The summed E-state index contributed by atoms with van der Waals surface area (Å²) in [6.45, 7) is 6.49. The molecular weight excluding hydrogens is 412 g/mol. The minimum atomic E-state index is -0.546. The fourth-order valence-corrected chi connectivity index (χ4v) is 4.32. The molecule has 33 heavy (non-hydrogen) atoms. The highest BCUT2D eigenvalue weighted by Gasteiger charge is 2.28. The summed E-state index contributed by atoms with van der Waals surface area (Å²) in [5.41, 5.74) is 2.37. The molecule has 1 saturated carbocycles. The molecule has 0 saturated heterocycles. The number of amides is 2. The Morgan fingerprint density at radius 1 is 0.970 bits per heavy atom. The molecule has 0 radical (unpaired) electrons. The molecule has 5 nitrogen and oxygen atoms in total. The highest BCUT2D eigenvalue weighted by atomic mass is 16.5. The van der Waals surface area contributed by atoms with E-state index in [0.29, 0.717) is 24.6 Å². The Balaban J connectivity index is 1.63. The van der Waals surface area contributed by atoms with Crippen LogP contribution in [0.15, 0.2) is 54.6 Å². The second-order valence-electron chi connectivity index (χ2n) is 9.35. The molecule has 0 spiro atoms. The Morgan fingerprint density at radius 3 is 2.27 bits per heavy atom. The first-order valence-electron chi connectivity index (χ1n) is 12.3. The van der Waals surface area contributed by atoms with Crippen LogP contribution >= 0.6 is 0 Å². The van der Waals surface area contributed by atoms with Crippen molar-refractivity contribution in [1.29, 1.82) is 0 Å². The summed E-state index contributed by atoms with van der Waals surface area (Å²) in [7, 11) is 0. The largest absolute Gasteiger partial charge is 0.484 e. The highest BCUT2D eigenvalue weighted by Crippen LogP contribution is 2.20. The van der Waals surface area contributed by atoms with Crippen molar-refractivity contribution in [3.63, 3.8) is 0 Å². The van der Waals surface area contributed by atoms with E-state index in [1.165, 1.54) is 12.0 Å². The second kappa shape index (κ2) is 12.4. The molecule has 3 rings (SSSR count). The Bertz CT molecular complexity index is 874. The number of hydrogen-bond donors (Lipinski definition) is 1. The second-order valence-corrected chi connectivity index (χ2v) is 9.35. The molecule has 0 unspecified atom stereocenters. The SMILES string of the molecule is CC(C)c1ccc(OCC(=O)N(CCc2ccccc2)[C@@H](C)C(=O)NC2CCCCC2)cc1. The van der Waals surface area contributed by atoms with Crippen molar-refractivity contribution >= 4 is 11.8 Å². The number of benzene rings is 2.